The molecule has 0 bridgehead atoms. The van der Waals surface area contributed by atoms with Gasteiger partial charge in [0.05, 0.1) is 23.3 Å². The molecular weight excluding hydrogens is 809 g/mol. The Kier molecular flexibility index (Phi) is 17.3. The van der Waals surface area contributed by atoms with E-state index in [1.807, 2.05) is 88.4 Å². The lowest BCUT2D eigenvalue weighted by molar-refractivity contribution is -0.383. The maximum Gasteiger partial charge on any atom is 0.300 e. The Hall–Kier alpha value is -6.23. The van der Waals surface area contributed by atoms with Crippen LogP contribution in [-0.2, 0) is 41.6 Å². The number of hydrogen-bond acceptors (Lipinski definition) is 12. The van der Waals surface area contributed by atoms with Crippen molar-refractivity contribution in [2.75, 3.05) is 18.5 Å². The number of ketones is 1. The molecule has 63 heavy (non-hydrogen) atoms. The minimum Gasteiger partial charge on any atom is -0.383 e. The van der Waals surface area contributed by atoms with Crippen LogP contribution >= 0.6 is 0 Å². The predicted molar refractivity (Wildman–Crippen MR) is 236 cm³/mol. The number of non-ortho nitro benzene ring substituents is 1. The van der Waals surface area contributed by atoms with Crippen molar-refractivity contribution < 1.29 is 38.3 Å². The van der Waals surface area contributed by atoms with Crippen molar-refractivity contribution in [2.45, 2.75) is 122 Å². The fraction of sp³-hybridized carbons (Fsp3) is 0.500. The number of amides is 4. The summed E-state index contributed by atoms with van der Waals surface area (Å²) in [6.07, 6.45) is 3.58. The van der Waals surface area contributed by atoms with Gasteiger partial charge in [0, 0.05) is 25.5 Å². The van der Waals surface area contributed by atoms with Gasteiger partial charge < -0.3 is 31.3 Å². The largest absolute Gasteiger partial charge is 0.383 e. The molecule has 338 valence electrons. The van der Waals surface area contributed by atoms with Crippen molar-refractivity contribution in [1.29, 1.82) is 0 Å². The molecule has 3 aromatic carbocycles. The Morgan fingerprint density at radius 1 is 0.714 bits per heavy atom. The highest BCUT2D eigenvalue weighted by Gasteiger charge is 2.50. The highest BCUT2D eigenvalue weighted by atomic mass is 16.6. The smallest absolute Gasteiger partial charge is 0.300 e. The first-order valence-corrected chi connectivity index (χ1v) is 21.7. The third kappa shape index (κ3) is 14.4. The Balaban J connectivity index is 1.22. The van der Waals surface area contributed by atoms with Crippen LogP contribution in [0.4, 0.5) is 11.4 Å². The zero-order valence-electron chi connectivity index (χ0n) is 36.7. The van der Waals surface area contributed by atoms with Crippen LogP contribution in [0.25, 0.3) is 11.0 Å². The van der Waals surface area contributed by atoms with E-state index in [-0.39, 0.29) is 72.5 Å². The van der Waals surface area contributed by atoms with Gasteiger partial charge in [-0.2, -0.15) is 0 Å². The average molecular weight is 869 g/mol. The summed E-state index contributed by atoms with van der Waals surface area (Å²) in [4.78, 5) is 79.9. The summed E-state index contributed by atoms with van der Waals surface area (Å²) in [6.45, 7) is 10.3. The predicted octanol–water partition coefficient (Wildman–Crippen LogP) is 5.37. The topological polar surface area (TPSA) is 240 Å². The standard InChI is InChI=1S/C46H60N8O9/c1-29(2)25-35(42(56)46(5)28-62-46)49-45(59)37(27-32-17-11-7-12-18-32)51-44(58)36(26-30(3)4)50-43(57)34(21-20-31-15-9-6-10-16-31)48-39(55)19-13-8-14-24-47-33-22-23-38(54(60)61)41-40(33)52-63-53-41/h6-7,9-12,15-18,22-23,29-30,34-37,47H,8,13-14,19-21,24-28H2,1-5H3,(H,48,55)(H,49,59)(H,50,57)(H,51,58)/t34-,35-,36-,37-,46+/m0/s1. The van der Waals surface area contributed by atoms with E-state index in [2.05, 4.69) is 36.9 Å². The van der Waals surface area contributed by atoms with E-state index < -0.39 is 52.4 Å². The first kappa shape index (κ1) is 47.8. The number of rotatable bonds is 26. The van der Waals surface area contributed by atoms with Crippen LogP contribution in [0.5, 0.6) is 0 Å². The van der Waals surface area contributed by atoms with E-state index in [1.165, 1.54) is 6.07 Å². The molecular formula is C46H60N8O9. The monoisotopic (exact) mass is 868 g/mol. The molecule has 0 saturated carbocycles. The zero-order chi connectivity index (χ0) is 45.5. The van der Waals surface area contributed by atoms with Crippen molar-refractivity contribution >= 4 is 51.8 Å². The lowest BCUT2D eigenvalue weighted by Crippen LogP contribution is -2.59. The molecule has 1 aliphatic heterocycles. The van der Waals surface area contributed by atoms with Crippen LogP contribution in [0, 0.1) is 22.0 Å². The number of benzene rings is 3. The number of hydrogen-bond donors (Lipinski definition) is 5. The van der Waals surface area contributed by atoms with Crippen LogP contribution in [0.15, 0.2) is 77.4 Å². The highest BCUT2D eigenvalue weighted by molar-refractivity contribution is 5.99. The molecule has 1 fully saturated rings. The molecule has 17 heteroatoms. The fourth-order valence-electron chi connectivity index (χ4n) is 7.35. The number of aromatic nitrogens is 2. The first-order valence-electron chi connectivity index (χ1n) is 21.7. The number of Topliss-reactive ketones (excluding diaryl/α,β-unsaturated/α-hetero) is 1. The minimum atomic E-state index is -1.07. The molecule has 1 aromatic heterocycles. The van der Waals surface area contributed by atoms with Gasteiger partial charge in [0.1, 0.15) is 23.7 Å². The lowest BCUT2D eigenvalue weighted by atomic mass is 9.93. The van der Waals surface area contributed by atoms with E-state index in [0.717, 1.165) is 11.1 Å². The normalized spacial score (nSPS) is 16.4. The summed E-state index contributed by atoms with van der Waals surface area (Å²) in [5.74, 6) is -2.08. The van der Waals surface area contributed by atoms with Crippen LogP contribution in [-0.4, -0.2) is 87.6 Å². The van der Waals surface area contributed by atoms with Crippen molar-refractivity contribution in [3.8, 4) is 0 Å². The second-order valence-corrected chi connectivity index (χ2v) is 17.2. The van der Waals surface area contributed by atoms with Gasteiger partial charge in [-0.05, 0) is 84.8 Å². The molecule has 17 nitrogen and oxygen atoms in total. The number of fused-ring (bicyclic) bond motifs is 1. The van der Waals surface area contributed by atoms with Crippen LogP contribution < -0.4 is 26.6 Å². The maximum atomic E-state index is 14.2. The number of anilines is 1. The van der Waals surface area contributed by atoms with E-state index in [4.69, 9.17) is 9.37 Å². The number of nitro groups is 1. The fourth-order valence-corrected chi connectivity index (χ4v) is 7.35. The highest BCUT2D eigenvalue weighted by Crippen LogP contribution is 2.30. The molecule has 0 unspecified atom stereocenters. The molecule has 5 N–H and O–H groups in total. The molecule has 1 saturated heterocycles. The van der Waals surface area contributed by atoms with Gasteiger partial charge in [-0.25, -0.2) is 4.63 Å². The van der Waals surface area contributed by atoms with Gasteiger partial charge in [0.15, 0.2) is 11.3 Å². The number of carbonyl (C=O) groups excluding carboxylic acids is 5. The second kappa shape index (κ2) is 22.7. The quantitative estimate of drug-likeness (QED) is 0.0232. The molecule has 4 amide bonds. The number of ether oxygens (including phenoxy) is 1. The third-order valence-corrected chi connectivity index (χ3v) is 10.9. The third-order valence-electron chi connectivity index (χ3n) is 10.9. The van der Waals surface area contributed by atoms with Crippen molar-refractivity contribution in [1.82, 2.24) is 31.6 Å². The van der Waals surface area contributed by atoms with Gasteiger partial charge in [0.25, 0.3) is 0 Å². The summed E-state index contributed by atoms with van der Waals surface area (Å²) >= 11 is 0. The number of nitrogens with zero attached hydrogens (tertiary/aromatic N) is 3. The first-order chi connectivity index (χ1) is 30.1. The van der Waals surface area contributed by atoms with E-state index in [0.29, 0.717) is 44.3 Å². The summed E-state index contributed by atoms with van der Waals surface area (Å²) in [6, 6.07) is 17.8. The van der Waals surface area contributed by atoms with E-state index in [1.54, 1.807) is 13.0 Å². The van der Waals surface area contributed by atoms with Crippen LogP contribution in [0.1, 0.15) is 90.7 Å². The summed E-state index contributed by atoms with van der Waals surface area (Å²) in [5, 5.41) is 33.6. The number of unbranched alkanes of at least 4 members (excludes halogenated alkanes) is 2. The second-order valence-electron chi connectivity index (χ2n) is 17.2. The summed E-state index contributed by atoms with van der Waals surface area (Å²) < 4.78 is 10.1. The SMILES string of the molecule is CC(C)C[C@H](NC(=O)[C@H](CCc1ccccc1)NC(=O)CCCCCNc1ccc([N+](=O)[O-])c2nonc12)C(=O)N[C@@H](Cc1ccccc1)C(=O)N[C@@H](CC(C)C)C(=O)[C@@]1(C)CO1. The van der Waals surface area contributed by atoms with Crippen molar-refractivity contribution in [3.63, 3.8) is 0 Å². The Bertz CT molecular complexity index is 2180. The van der Waals surface area contributed by atoms with E-state index in [9.17, 15) is 34.1 Å². The van der Waals surface area contributed by atoms with Gasteiger partial charge in [0.2, 0.25) is 29.1 Å². The van der Waals surface area contributed by atoms with Crippen LogP contribution in [0.3, 0.4) is 0 Å². The Morgan fingerprint density at radius 3 is 1.92 bits per heavy atom. The maximum absolute atomic E-state index is 14.2. The van der Waals surface area contributed by atoms with Crippen LogP contribution in [0.2, 0.25) is 0 Å². The molecule has 0 spiro atoms. The number of epoxide rings is 1. The minimum absolute atomic E-state index is 0.0271. The Labute approximate surface area is 367 Å². The lowest BCUT2D eigenvalue weighted by Gasteiger charge is -2.28. The summed E-state index contributed by atoms with van der Waals surface area (Å²) in [7, 11) is 0. The molecule has 0 radical (unpaired) electrons. The molecule has 4 aromatic rings. The van der Waals surface area contributed by atoms with Gasteiger partial charge in [-0.15, -0.1) is 0 Å². The van der Waals surface area contributed by atoms with Gasteiger partial charge in [-0.1, -0.05) is 94.8 Å². The molecule has 5 rings (SSSR count). The van der Waals surface area contributed by atoms with Crippen molar-refractivity contribution in [3.05, 3.63) is 94.0 Å². The molecule has 0 aliphatic carbocycles. The number of aryl methyl sites for hydroxylation is 1. The molecule has 1 aliphatic rings. The van der Waals surface area contributed by atoms with Gasteiger partial charge in [-0.3, -0.25) is 34.1 Å². The molecule has 2 heterocycles. The average Bonchev–Trinajstić information content (AvgIpc) is 3.81. The number of carbonyl (C=O) groups is 5. The number of nitro benzene ring substituents is 1. The zero-order valence-corrected chi connectivity index (χ0v) is 36.7. The van der Waals surface area contributed by atoms with Crippen molar-refractivity contribution in [2.24, 2.45) is 11.8 Å². The summed E-state index contributed by atoms with van der Waals surface area (Å²) in [5.41, 5.74) is 1.47. The van der Waals surface area contributed by atoms with Gasteiger partial charge >= 0.3 is 5.69 Å². The van der Waals surface area contributed by atoms with E-state index >= 15 is 0 Å². The Morgan fingerprint density at radius 2 is 1.29 bits per heavy atom. The number of nitrogens with one attached hydrogen (secondary N) is 5. The molecule has 5 atom stereocenters.